The molecule has 43 heavy (non-hydrogen) atoms. The van der Waals surface area contributed by atoms with E-state index in [9.17, 15) is 9.18 Å². The number of allylic oxidation sites excluding steroid dienone is 1. The number of ether oxygens (including phenoxy) is 1. The summed E-state index contributed by atoms with van der Waals surface area (Å²) in [6.45, 7) is 9.56. The molecule has 10 heteroatoms. The lowest BCUT2D eigenvalue weighted by Gasteiger charge is -2.23. The zero-order valence-corrected chi connectivity index (χ0v) is 24.3. The molecular weight excluding hydrogens is 545 g/mol. The van der Waals surface area contributed by atoms with Crippen molar-refractivity contribution >= 4 is 28.2 Å². The van der Waals surface area contributed by atoms with Crippen molar-refractivity contribution in [2.24, 2.45) is 0 Å². The predicted molar refractivity (Wildman–Crippen MR) is 165 cm³/mol. The van der Waals surface area contributed by atoms with Crippen LogP contribution < -0.4 is 15.4 Å². The molecule has 0 saturated carbocycles. The van der Waals surface area contributed by atoms with E-state index in [-0.39, 0.29) is 18.4 Å². The van der Waals surface area contributed by atoms with Gasteiger partial charge in [-0.3, -0.25) is 9.78 Å². The monoisotopic (exact) mass is 579 g/mol. The molecule has 0 aliphatic carbocycles. The number of ketones is 1. The van der Waals surface area contributed by atoms with E-state index < -0.39 is 11.6 Å². The number of anilines is 1. The lowest BCUT2D eigenvalue weighted by molar-refractivity contribution is -0.116. The molecule has 0 unspecified atom stereocenters. The standard InChI is InChI=1S/C33H34FN7O2/c1-20(2)28-19-38-41-31(28)39-33(43-25-8-6-13-35-18-25)40-32(41)37-17-24-7-4-5-9-26(24)30-27-11-10-22(16-29(42)21(3)34)15-23(27)12-14-36-30/h4-5,7,9-12,14-15,19-20,25,35H,3,6,8,13,16-18H2,1-2H3,(H,37,39,40)/t25-/m1/s1. The van der Waals surface area contributed by atoms with Crippen LogP contribution in [0.3, 0.4) is 0 Å². The lowest BCUT2D eigenvalue weighted by Crippen LogP contribution is -2.37. The summed E-state index contributed by atoms with van der Waals surface area (Å²) in [5.41, 5.74) is 5.25. The number of hydrogen-bond acceptors (Lipinski definition) is 8. The average molecular weight is 580 g/mol. The molecule has 2 aromatic carbocycles. The number of piperidine rings is 1. The van der Waals surface area contributed by atoms with Crippen LogP contribution in [0.1, 0.15) is 49.3 Å². The minimum atomic E-state index is -0.932. The normalized spacial score (nSPS) is 15.2. The van der Waals surface area contributed by atoms with Crippen LogP contribution in [0.4, 0.5) is 10.3 Å². The summed E-state index contributed by atoms with van der Waals surface area (Å²) in [7, 11) is 0. The third-order valence-electron chi connectivity index (χ3n) is 7.73. The van der Waals surface area contributed by atoms with Crippen molar-refractivity contribution < 1.29 is 13.9 Å². The van der Waals surface area contributed by atoms with Crippen LogP contribution in [0.5, 0.6) is 6.01 Å². The summed E-state index contributed by atoms with van der Waals surface area (Å²) in [5, 5.41) is 13.3. The van der Waals surface area contributed by atoms with Crippen molar-refractivity contribution in [3.05, 3.63) is 90.0 Å². The molecule has 9 nitrogen and oxygen atoms in total. The minimum absolute atomic E-state index is 0.0158. The molecule has 1 atom stereocenters. The Balaban J connectivity index is 1.32. The first-order valence-corrected chi connectivity index (χ1v) is 14.6. The number of nitrogens with one attached hydrogen (secondary N) is 2. The molecule has 1 fully saturated rings. The van der Waals surface area contributed by atoms with Crippen LogP contribution in [0.2, 0.25) is 0 Å². The lowest BCUT2D eigenvalue weighted by atomic mass is 9.97. The number of halogens is 1. The van der Waals surface area contributed by atoms with Crippen LogP contribution in [0.25, 0.3) is 27.7 Å². The quantitative estimate of drug-likeness (QED) is 0.200. The van der Waals surface area contributed by atoms with Gasteiger partial charge in [-0.05, 0) is 47.9 Å². The van der Waals surface area contributed by atoms with Crippen LogP contribution >= 0.6 is 0 Å². The molecule has 220 valence electrons. The molecule has 0 bridgehead atoms. The van der Waals surface area contributed by atoms with E-state index >= 15 is 0 Å². The highest BCUT2D eigenvalue weighted by molar-refractivity contribution is 5.98. The summed E-state index contributed by atoms with van der Waals surface area (Å²) in [6.07, 6.45) is 5.57. The van der Waals surface area contributed by atoms with E-state index in [1.165, 1.54) is 0 Å². The Morgan fingerprint density at radius 2 is 2.07 bits per heavy atom. The van der Waals surface area contributed by atoms with E-state index in [4.69, 9.17) is 19.7 Å². The number of rotatable bonds is 10. The van der Waals surface area contributed by atoms with E-state index in [1.54, 1.807) is 10.7 Å². The largest absolute Gasteiger partial charge is 0.459 e. The predicted octanol–water partition coefficient (Wildman–Crippen LogP) is 5.80. The van der Waals surface area contributed by atoms with Gasteiger partial charge in [0.05, 0.1) is 11.9 Å². The van der Waals surface area contributed by atoms with Crippen LogP contribution in [0, 0.1) is 0 Å². The molecule has 3 aromatic heterocycles. The van der Waals surface area contributed by atoms with E-state index in [0.29, 0.717) is 18.5 Å². The van der Waals surface area contributed by atoms with Crippen LogP contribution in [-0.4, -0.2) is 49.5 Å². The molecule has 0 amide bonds. The first-order chi connectivity index (χ1) is 20.9. The van der Waals surface area contributed by atoms with Gasteiger partial charge in [0, 0.05) is 42.2 Å². The van der Waals surface area contributed by atoms with Gasteiger partial charge in [0.1, 0.15) is 6.10 Å². The number of fused-ring (bicyclic) bond motifs is 2. The minimum Gasteiger partial charge on any atom is -0.459 e. The zero-order chi connectivity index (χ0) is 29.9. The van der Waals surface area contributed by atoms with Gasteiger partial charge in [0.2, 0.25) is 5.95 Å². The Labute approximate surface area is 249 Å². The number of carbonyl (C=O) groups excluding carboxylic acids is 1. The summed E-state index contributed by atoms with van der Waals surface area (Å²) in [5.74, 6) is -0.777. The Kier molecular flexibility index (Phi) is 8.11. The first kappa shape index (κ1) is 28.4. The molecule has 1 aliphatic rings. The van der Waals surface area contributed by atoms with Gasteiger partial charge in [0.15, 0.2) is 17.3 Å². The molecule has 4 heterocycles. The SMILES string of the molecule is C=C(F)C(=O)Cc1ccc2c(-c3ccccc3CNc3nc(O[C@@H]4CCCNC4)nc4c(C(C)C)cnn34)nccc2c1. The fraction of sp³-hybridized carbons (Fsp3) is 0.303. The zero-order valence-electron chi connectivity index (χ0n) is 24.3. The van der Waals surface area contributed by atoms with Gasteiger partial charge in [0.25, 0.3) is 0 Å². The molecule has 1 saturated heterocycles. The number of Topliss-reactive ketones (excluding diaryl/α,β-unsaturated/α-hetero) is 1. The number of pyridine rings is 1. The second kappa shape index (κ2) is 12.3. The number of carbonyl (C=O) groups is 1. The summed E-state index contributed by atoms with van der Waals surface area (Å²) in [6, 6.07) is 15.9. The van der Waals surface area contributed by atoms with Crippen molar-refractivity contribution in [1.29, 1.82) is 0 Å². The van der Waals surface area contributed by atoms with Crippen molar-refractivity contribution in [3.63, 3.8) is 0 Å². The van der Waals surface area contributed by atoms with Gasteiger partial charge in [-0.25, -0.2) is 4.39 Å². The Morgan fingerprint density at radius 1 is 1.21 bits per heavy atom. The van der Waals surface area contributed by atoms with Crippen molar-refractivity contribution in [2.45, 2.75) is 51.7 Å². The van der Waals surface area contributed by atoms with Crippen LogP contribution in [0.15, 0.2) is 73.3 Å². The third kappa shape index (κ3) is 6.10. The van der Waals surface area contributed by atoms with Crippen molar-refractivity contribution in [2.75, 3.05) is 18.4 Å². The molecule has 0 radical (unpaired) electrons. The molecule has 5 aromatic rings. The topological polar surface area (TPSA) is 106 Å². The number of hydrogen-bond donors (Lipinski definition) is 2. The highest BCUT2D eigenvalue weighted by atomic mass is 19.1. The third-order valence-corrected chi connectivity index (χ3v) is 7.73. The van der Waals surface area contributed by atoms with Gasteiger partial charge in [-0.2, -0.15) is 19.6 Å². The highest BCUT2D eigenvalue weighted by Crippen LogP contribution is 2.31. The fourth-order valence-corrected chi connectivity index (χ4v) is 5.43. The number of benzene rings is 2. The van der Waals surface area contributed by atoms with Crippen molar-refractivity contribution in [1.82, 2.24) is 29.9 Å². The maximum absolute atomic E-state index is 13.3. The fourth-order valence-electron chi connectivity index (χ4n) is 5.43. The maximum atomic E-state index is 13.3. The van der Waals surface area contributed by atoms with E-state index in [2.05, 4.69) is 42.2 Å². The summed E-state index contributed by atoms with van der Waals surface area (Å²) in [4.78, 5) is 26.1. The molecule has 0 spiro atoms. The molecular formula is C33H34FN7O2. The second-order valence-electron chi connectivity index (χ2n) is 11.1. The van der Waals surface area contributed by atoms with Gasteiger partial charge < -0.3 is 15.4 Å². The highest BCUT2D eigenvalue weighted by Gasteiger charge is 2.20. The second-order valence-corrected chi connectivity index (χ2v) is 11.1. The Hall–Kier alpha value is -4.70. The molecule has 6 rings (SSSR count). The van der Waals surface area contributed by atoms with Crippen molar-refractivity contribution in [3.8, 4) is 17.3 Å². The first-order valence-electron chi connectivity index (χ1n) is 14.6. The van der Waals surface area contributed by atoms with Gasteiger partial charge >= 0.3 is 6.01 Å². The maximum Gasteiger partial charge on any atom is 0.322 e. The summed E-state index contributed by atoms with van der Waals surface area (Å²) >= 11 is 0. The molecule has 2 N–H and O–H groups in total. The van der Waals surface area contributed by atoms with E-state index in [0.717, 1.165) is 70.3 Å². The number of nitrogens with zero attached hydrogens (tertiary/aromatic N) is 5. The Bertz CT molecular complexity index is 1810. The van der Waals surface area contributed by atoms with Gasteiger partial charge in [-0.1, -0.05) is 62.9 Å². The van der Waals surface area contributed by atoms with Gasteiger partial charge in [-0.15, -0.1) is 0 Å². The number of aromatic nitrogens is 5. The average Bonchev–Trinajstić information content (AvgIpc) is 3.45. The van der Waals surface area contributed by atoms with E-state index in [1.807, 2.05) is 48.7 Å². The molecule has 1 aliphatic heterocycles. The summed E-state index contributed by atoms with van der Waals surface area (Å²) < 4.78 is 21.2. The smallest absolute Gasteiger partial charge is 0.322 e. The van der Waals surface area contributed by atoms with Crippen LogP contribution in [-0.2, 0) is 17.8 Å². The Morgan fingerprint density at radius 3 is 2.86 bits per heavy atom.